The quantitative estimate of drug-likeness (QED) is 0.765. The topological polar surface area (TPSA) is 20.2 Å². The molecule has 0 fully saturated rings. The Balaban J connectivity index is 2.19. The second-order valence-electron chi connectivity index (χ2n) is 4.53. The van der Waals surface area contributed by atoms with Crippen molar-refractivity contribution < 1.29 is 18.3 Å². The van der Waals surface area contributed by atoms with Gasteiger partial charge in [0.1, 0.15) is 6.10 Å². The lowest BCUT2D eigenvalue weighted by Crippen LogP contribution is -2.01. The molecule has 0 aliphatic heterocycles. The summed E-state index contributed by atoms with van der Waals surface area (Å²) in [6, 6.07) is 10.8. The highest BCUT2D eigenvalue weighted by atomic mass is 35.5. The average Bonchev–Trinajstić information content (AvgIpc) is 2.40. The number of alkyl halides is 3. The van der Waals surface area contributed by atoms with Crippen LogP contribution < -0.4 is 0 Å². The second kappa shape index (κ2) is 6.30. The smallest absolute Gasteiger partial charge is 0.384 e. The maximum Gasteiger partial charge on any atom is 0.446 e. The average molecular weight is 333 g/mol. The van der Waals surface area contributed by atoms with Gasteiger partial charge in [-0.15, -0.1) is 0 Å². The minimum atomic E-state index is -4.31. The van der Waals surface area contributed by atoms with Gasteiger partial charge in [0.15, 0.2) is 0 Å². The molecular weight excluding hydrogens is 321 g/mol. The van der Waals surface area contributed by atoms with Crippen molar-refractivity contribution in [2.45, 2.75) is 23.4 Å². The van der Waals surface area contributed by atoms with Gasteiger partial charge in [0.05, 0.1) is 0 Å². The van der Waals surface area contributed by atoms with Gasteiger partial charge in [-0.05, 0) is 53.6 Å². The van der Waals surface area contributed by atoms with E-state index >= 15 is 0 Å². The Bertz CT molecular complexity index is 626. The van der Waals surface area contributed by atoms with Crippen LogP contribution >= 0.6 is 23.4 Å². The van der Waals surface area contributed by atoms with Crippen LogP contribution in [0.4, 0.5) is 13.2 Å². The van der Waals surface area contributed by atoms with Crippen LogP contribution in [0.3, 0.4) is 0 Å². The minimum Gasteiger partial charge on any atom is -0.384 e. The SMILES string of the molecule is Cc1ccc(C(O)c2ccc(SC(F)(F)F)cc2)cc1Cl. The number of aliphatic hydroxyl groups excluding tert-OH is 1. The van der Waals surface area contributed by atoms with Crippen molar-refractivity contribution in [2.75, 3.05) is 0 Å². The van der Waals surface area contributed by atoms with E-state index in [9.17, 15) is 18.3 Å². The summed E-state index contributed by atoms with van der Waals surface area (Å²) in [6.07, 6.45) is -0.923. The van der Waals surface area contributed by atoms with E-state index in [2.05, 4.69) is 0 Å². The van der Waals surface area contributed by atoms with Gasteiger partial charge in [-0.25, -0.2) is 0 Å². The summed E-state index contributed by atoms with van der Waals surface area (Å²) in [5.41, 5.74) is -2.31. The van der Waals surface area contributed by atoms with Crippen molar-refractivity contribution in [3.05, 3.63) is 64.2 Å². The van der Waals surface area contributed by atoms with Crippen LogP contribution in [0, 0.1) is 6.92 Å². The van der Waals surface area contributed by atoms with Crippen molar-refractivity contribution in [2.24, 2.45) is 0 Å². The van der Waals surface area contributed by atoms with Crippen LogP contribution in [0.5, 0.6) is 0 Å². The third-order valence-corrected chi connectivity index (χ3v) is 4.09. The molecule has 2 rings (SSSR count). The van der Waals surface area contributed by atoms with Gasteiger partial charge >= 0.3 is 5.51 Å². The molecule has 0 aliphatic carbocycles. The Kier molecular flexibility index (Phi) is 4.86. The zero-order valence-corrected chi connectivity index (χ0v) is 12.6. The molecule has 0 amide bonds. The lowest BCUT2D eigenvalue weighted by atomic mass is 10.0. The Morgan fingerprint density at radius 2 is 1.62 bits per heavy atom. The number of benzene rings is 2. The molecule has 0 heterocycles. The van der Waals surface area contributed by atoms with Crippen molar-refractivity contribution in [3.8, 4) is 0 Å². The van der Waals surface area contributed by atoms with E-state index in [0.29, 0.717) is 16.1 Å². The number of rotatable bonds is 3. The summed E-state index contributed by atoms with van der Waals surface area (Å²) in [6.45, 7) is 1.85. The fourth-order valence-corrected chi connectivity index (χ4v) is 2.55. The first kappa shape index (κ1) is 16.2. The van der Waals surface area contributed by atoms with E-state index in [1.807, 2.05) is 6.92 Å². The standard InChI is InChI=1S/C15H12ClF3OS/c1-9-2-3-11(8-13(9)16)14(20)10-4-6-12(7-5-10)21-15(17,18)19/h2-8,14,20H,1H3. The molecule has 0 aliphatic rings. The van der Waals surface area contributed by atoms with Crippen molar-refractivity contribution in [3.63, 3.8) is 0 Å². The molecular formula is C15H12ClF3OS. The molecule has 112 valence electrons. The normalized spacial score (nSPS) is 13.2. The van der Waals surface area contributed by atoms with Gasteiger partial charge in [0.2, 0.25) is 0 Å². The summed E-state index contributed by atoms with van der Waals surface area (Å²) in [4.78, 5) is 0.0837. The van der Waals surface area contributed by atoms with Gasteiger partial charge < -0.3 is 5.11 Å². The Hall–Kier alpha value is -1.17. The number of hydrogen-bond donors (Lipinski definition) is 1. The minimum absolute atomic E-state index is 0.0837. The number of thioether (sulfide) groups is 1. The molecule has 2 aromatic carbocycles. The molecule has 1 nitrogen and oxygen atoms in total. The van der Waals surface area contributed by atoms with E-state index in [0.717, 1.165) is 5.56 Å². The first-order chi connectivity index (χ1) is 9.76. The van der Waals surface area contributed by atoms with Gasteiger partial charge in [0, 0.05) is 9.92 Å². The Morgan fingerprint density at radius 1 is 1.05 bits per heavy atom. The van der Waals surface area contributed by atoms with E-state index in [1.165, 1.54) is 24.3 Å². The lowest BCUT2D eigenvalue weighted by Gasteiger charge is -2.13. The number of hydrogen-bond acceptors (Lipinski definition) is 2. The Labute approximate surface area is 129 Å². The molecule has 1 unspecified atom stereocenters. The zero-order valence-electron chi connectivity index (χ0n) is 11.0. The molecule has 0 saturated heterocycles. The maximum atomic E-state index is 12.2. The third kappa shape index (κ3) is 4.40. The van der Waals surface area contributed by atoms with Gasteiger partial charge in [-0.3, -0.25) is 0 Å². The monoisotopic (exact) mass is 332 g/mol. The van der Waals surface area contributed by atoms with Crippen LogP contribution in [0.25, 0.3) is 0 Å². The van der Waals surface area contributed by atoms with Crippen molar-refractivity contribution >= 4 is 23.4 Å². The van der Waals surface area contributed by atoms with E-state index in [-0.39, 0.29) is 16.7 Å². The zero-order chi connectivity index (χ0) is 15.6. The second-order valence-corrected chi connectivity index (χ2v) is 6.07. The molecule has 0 saturated carbocycles. The molecule has 1 atom stereocenters. The van der Waals surface area contributed by atoms with Crippen LogP contribution in [0.2, 0.25) is 5.02 Å². The van der Waals surface area contributed by atoms with E-state index in [4.69, 9.17) is 11.6 Å². The van der Waals surface area contributed by atoms with Gasteiger partial charge in [-0.1, -0.05) is 35.9 Å². The van der Waals surface area contributed by atoms with Gasteiger partial charge in [-0.2, -0.15) is 13.2 Å². The molecule has 0 spiro atoms. The lowest BCUT2D eigenvalue weighted by molar-refractivity contribution is -0.0328. The van der Waals surface area contributed by atoms with Crippen LogP contribution in [-0.4, -0.2) is 10.6 Å². The first-order valence-electron chi connectivity index (χ1n) is 6.06. The molecule has 0 radical (unpaired) electrons. The summed E-state index contributed by atoms with van der Waals surface area (Å²) in [5, 5.41) is 10.8. The molecule has 6 heteroatoms. The van der Waals surface area contributed by atoms with Crippen molar-refractivity contribution in [1.29, 1.82) is 0 Å². The summed E-state index contributed by atoms with van der Waals surface area (Å²) < 4.78 is 36.7. The van der Waals surface area contributed by atoms with Crippen LogP contribution in [0.15, 0.2) is 47.4 Å². The summed E-state index contributed by atoms with van der Waals surface area (Å²) in [7, 11) is 0. The summed E-state index contributed by atoms with van der Waals surface area (Å²) >= 11 is 5.82. The highest BCUT2D eigenvalue weighted by Gasteiger charge is 2.29. The first-order valence-corrected chi connectivity index (χ1v) is 7.25. The van der Waals surface area contributed by atoms with E-state index in [1.54, 1.807) is 18.2 Å². The molecule has 0 aromatic heterocycles. The largest absolute Gasteiger partial charge is 0.446 e. The number of aliphatic hydroxyl groups is 1. The highest BCUT2D eigenvalue weighted by Crippen LogP contribution is 2.37. The predicted molar refractivity (Wildman–Crippen MR) is 78.6 cm³/mol. The number of aryl methyl sites for hydroxylation is 1. The molecule has 0 bridgehead atoms. The molecule has 2 aromatic rings. The van der Waals surface area contributed by atoms with Crippen LogP contribution in [-0.2, 0) is 0 Å². The highest BCUT2D eigenvalue weighted by molar-refractivity contribution is 8.00. The summed E-state index contributed by atoms with van der Waals surface area (Å²) in [5.74, 6) is 0. The number of halogens is 4. The fourth-order valence-electron chi connectivity index (χ4n) is 1.82. The van der Waals surface area contributed by atoms with Gasteiger partial charge in [0.25, 0.3) is 0 Å². The molecule has 21 heavy (non-hydrogen) atoms. The third-order valence-electron chi connectivity index (χ3n) is 2.94. The molecule has 1 N–H and O–H groups in total. The fraction of sp³-hybridized carbons (Fsp3) is 0.200. The van der Waals surface area contributed by atoms with E-state index < -0.39 is 11.6 Å². The maximum absolute atomic E-state index is 12.2. The van der Waals surface area contributed by atoms with Crippen molar-refractivity contribution in [1.82, 2.24) is 0 Å². The van der Waals surface area contributed by atoms with Crippen LogP contribution in [0.1, 0.15) is 22.8 Å². The predicted octanol–water partition coefficient (Wildman–Crippen LogP) is 5.34. The Morgan fingerprint density at radius 3 is 2.14 bits per heavy atom.